The van der Waals surface area contributed by atoms with Crippen molar-refractivity contribution < 1.29 is 0 Å². The zero-order valence-corrected chi connectivity index (χ0v) is 18.1. The molecule has 0 saturated heterocycles. The Labute approximate surface area is 177 Å². The second kappa shape index (κ2) is 8.46. The minimum Gasteiger partial charge on any atom is -0.354 e. The van der Waals surface area contributed by atoms with Crippen LogP contribution in [0.3, 0.4) is 0 Å². The number of H-pyrrole nitrogens is 1. The summed E-state index contributed by atoms with van der Waals surface area (Å²) in [4.78, 5) is 3.58. The summed E-state index contributed by atoms with van der Waals surface area (Å²) in [6, 6.07) is 32.4. The standard InChI is InChI=1S/C24H16N2.2C2H6/c1-2-8-16(9-3-1)26-23-13-7-5-11-18(23)20-14-19-17-10-4-6-12-21(17)25-22(19)15-24(20)26;2*1-2/h1-15,25H;2*1-2H3. The van der Waals surface area contributed by atoms with Crippen molar-refractivity contribution in [1.82, 2.24) is 9.55 Å². The van der Waals surface area contributed by atoms with E-state index in [0.29, 0.717) is 0 Å². The average Bonchev–Trinajstić information content (AvgIpc) is 3.36. The van der Waals surface area contributed by atoms with Crippen molar-refractivity contribution in [2.75, 3.05) is 0 Å². The molecular weight excluding hydrogens is 364 g/mol. The Morgan fingerprint density at radius 2 is 1.13 bits per heavy atom. The summed E-state index contributed by atoms with van der Waals surface area (Å²) >= 11 is 0. The van der Waals surface area contributed by atoms with Gasteiger partial charge >= 0.3 is 0 Å². The lowest BCUT2D eigenvalue weighted by molar-refractivity contribution is 1.18. The van der Waals surface area contributed by atoms with Crippen LogP contribution in [0.4, 0.5) is 0 Å². The molecule has 0 unspecified atom stereocenters. The molecule has 2 heteroatoms. The van der Waals surface area contributed by atoms with Crippen molar-refractivity contribution in [2.45, 2.75) is 27.7 Å². The maximum atomic E-state index is 3.58. The molecule has 0 saturated carbocycles. The molecule has 6 aromatic rings. The van der Waals surface area contributed by atoms with Gasteiger partial charge in [-0.25, -0.2) is 0 Å². The highest BCUT2D eigenvalue weighted by Gasteiger charge is 2.14. The van der Waals surface area contributed by atoms with Crippen LogP contribution in [-0.2, 0) is 0 Å². The van der Waals surface area contributed by atoms with Gasteiger partial charge in [-0.2, -0.15) is 0 Å². The van der Waals surface area contributed by atoms with Crippen molar-refractivity contribution in [3.8, 4) is 5.69 Å². The van der Waals surface area contributed by atoms with Gasteiger partial charge in [-0.1, -0.05) is 82.3 Å². The van der Waals surface area contributed by atoms with Gasteiger partial charge in [-0.15, -0.1) is 0 Å². The van der Waals surface area contributed by atoms with Crippen LogP contribution in [0, 0.1) is 0 Å². The Morgan fingerprint density at radius 3 is 1.90 bits per heavy atom. The minimum absolute atomic E-state index is 1.18. The molecule has 150 valence electrons. The summed E-state index contributed by atoms with van der Waals surface area (Å²) < 4.78 is 2.36. The first-order valence-electron chi connectivity index (χ1n) is 10.9. The first-order valence-corrected chi connectivity index (χ1v) is 10.9. The van der Waals surface area contributed by atoms with Crippen molar-refractivity contribution in [3.63, 3.8) is 0 Å². The first-order chi connectivity index (χ1) is 14.9. The Bertz CT molecular complexity index is 1420. The van der Waals surface area contributed by atoms with Crippen LogP contribution in [0.1, 0.15) is 27.7 Å². The smallest absolute Gasteiger partial charge is 0.0562 e. The second-order valence-electron chi connectivity index (χ2n) is 6.77. The molecule has 0 fully saturated rings. The molecule has 1 N–H and O–H groups in total. The summed E-state index contributed by atoms with van der Waals surface area (Å²) in [7, 11) is 0. The molecule has 2 nitrogen and oxygen atoms in total. The predicted molar refractivity (Wildman–Crippen MR) is 133 cm³/mol. The van der Waals surface area contributed by atoms with Crippen LogP contribution >= 0.6 is 0 Å². The van der Waals surface area contributed by atoms with Gasteiger partial charge in [-0.3, -0.25) is 0 Å². The van der Waals surface area contributed by atoms with Crippen molar-refractivity contribution in [2.24, 2.45) is 0 Å². The van der Waals surface area contributed by atoms with E-state index in [4.69, 9.17) is 0 Å². The molecule has 0 bridgehead atoms. The third kappa shape index (κ3) is 3.05. The fraction of sp³-hybridized carbons (Fsp3) is 0.143. The van der Waals surface area contributed by atoms with Crippen LogP contribution in [-0.4, -0.2) is 9.55 Å². The lowest BCUT2D eigenvalue weighted by atomic mass is 10.1. The van der Waals surface area contributed by atoms with Crippen LogP contribution in [0.5, 0.6) is 0 Å². The third-order valence-corrected chi connectivity index (χ3v) is 5.31. The van der Waals surface area contributed by atoms with E-state index in [2.05, 4.69) is 101 Å². The highest BCUT2D eigenvalue weighted by molar-refractivity contribution is 6.18. The van der Waals surface area contributed by atoms with Crippen molar-refractivity contribution >= 4 is 43.6 Å². The molecule has 6 rings (SSSR count). The second-order valence-corrected chi connectivity index (χ2v) is 6.77. The van der Waals surface area contributed by atoms with Crippen molar-refractivity contribution in [3.05, 3.63) is 91.0 Å². The van der Waals surface area contributed by atoms with E-state index in [0.717, 1.165) is 0 Å². The Kier molecular flexibility index (Phi) is 5.58. The highest BCUT2D eigenvalue weighted by Crippen LogP contribution is 2.36. The van der Waals surface area contributed by atoms with E-state index in [-0.39, 0.29) is 0 Å². The van der Waals surface area contributed by atoms with Crippen molar-refractivity contribution in [1.29, 1.82) is 0 Å². The van der Waals surface area contributed by atoms with Gasteiger partial charge in [0.2, 0.25) is 0 Å². The number of fused-ring (bicyclic) bond motifs is 6. The monoisotopic (exact) mass is 392 g/mol. The summed E-state index contributed by atoms with van der Waals surface area (Å²) in [5.74, 6) is 0. The molecular formula is C28H28N2. The lowest BCUT2D eigenvalue weighted by Crippen LogP contribution is -1.92. The molecule has 0 aliphatic heterocycles. The molecule has 30 heavy (non-hydrogen) atoms. The molecule has 2 aromatic heterocycles. The molecule has 0 aliphatic carbocycles. The molecule has 0 atom stereocenters. The number of hydrogen-bond donors (Lipinski definition) is 1. The number of aromatic amines is 1. The molecule has 0 spiro atoms. The number of nitrogens with zero attached hydrogens (tertiary/aromatic N) is 1. The molecule has 4 aromatic carbocycles. The molecule has 0 aliphatic rings. The number of aromatic nitrogens is 2. The fourth-order valence-corrected chi connectivity index (χ4v) is 4.17. The SMILES string of the molecule is CC.CC.c1ccc(-n2c3ccccc3c3cc4c(cc32)[nH]c2ccccc24)cc1. The Balaban J connectivity index is 0.000000516. The normalized spacial score (nSPS) is 10.7. The van der Waals surface area contributed by atoms with Crippen LogP contribution in [0.2, 0.25) is 0 Å². The number of para-hydroxylation sites is 3. The maximum absolute atomic E-state index is 3.58. The van der Waals surface area contributed by atoms with Gasteiger partial charge in [0.05, 0.1) is 11.0 Å². The maximum Gasteiger partial charge on any atom is 0.0562 e. The summed E-state index contributed by atoms with van der Waals surface area (Å²) in [6.07, 6.45) is 0. The van der Waals surface area contributed by atoms with Gasteiger partial charge in [0.25, 0.3) is 0 Å². The molecule has 0 radical (unpaired) electrons. The number of benzene rings is 4. The van der Waals surface area contributed by atoms with Gasteiger partial charge in [0.15, 0.2) is 0 Å². The summed E-state index contributed by atoms with van der Waals surface area (Å²) in [5.41, 5.74) is 6.03. The highest BCUT2D eigenvalue weighted by atomic mass is 15.0. The van der Waals surface area contributed by atoms with Crippen LogP contribution in [0.15, 0.2) is 91.0 Å². The first kappa shape index (κ1) is 19.8. The van der Waals surface area contributed by atoms with E-state index in [1.54, 1.807) is 0 Å². The van der Waals surface area contributed by atoms with Gasteiger partial charge in [0.1, 0.15) is 0 Å². The summed E-state index contributed by atoms with van der Waals surface area (Å²) in [6.45, 7) is 8.00. The van der Waals surface area contributed by atoms with Gasteiger partial charge < -0.3 is 9.55 Å². The summed E-state index contributed by atoms with van der Waals surface area (Å²) in [5, 5.41) is 5.14. The molecule has 0 amide bonds. The Hall–Kier alpha value is -3.52. The van der Waals surface area contributed by atoms with E-state index in [9.17, 15) is 0 Å². The van der Waals surface area contributed by atoms with E-state index in [1.165, 1.54) is 49.3 Å². The number of rotatable bonds is 1. The topological polar surface area (TPSA) is 20.7 Å². The minimum atomic E-state index is 1.18. The zero-order valence-electron chi connectivity index (χ0n) is 18.1. The zero-order chi connectivity index (χ0) is 21.1. The van der Waals surface area contributed by atoms with Gasteiger partial charge in [-0.05, 0) is 36.4 Å². The van der Waals surface area contributed by atoms with Crippen LogP contribution < -0.4 is 0 Å². The van der Waals surface area contributed by atoms with Crippen LogP contribution in [0.25, 0.3) is 49.3 Å². The lowest BCUT2D eigenvalue weighted by Gasteiger charge is -2.07. The predicted octanol–water partition coefficient (Wildman–Crippen LogP) is 8.47. The van der Waals surface area contributed by atoms with Gasteiger partial charge in [0, 0.05) is 38.3 Å². The van der Waals surface area contributed by atoms with E-state index in [1.807, 2.05) is 27.7 Å². The quantitative estimate of drug-likeness (QED) is 0.290. The van der Waals surface area contributed by atoms with E-state index < -0.39 is 0 Å². The number of hydrogen-bond acceptors (Lipinski definition) is 0. The third-order valence-electron chi connectivity index (χ3n) is 5.31. The average molecular weight is 393 g/mol. The number of nitrogens with one attached hydrogen (secondary N) is 1. The molecule has 2 heterocycles. The van der Waals surface area contributed by atoms with E-state index >= 15 is 0 Å². The largest absolute Gasteiger partial charge is 0.354 e. The Morgan fingerprint density at radius 1 is 0.500 bits per heavy atom. The fourth-order valence-electron chi connectivity index (χ4n) is 4.17.